The van der Waals surface area contributed by atoms with Crippen LogP contribution in [0.2, 0.25) is 0 Å². The Morgan fingerprint density at radius 3 is 1.96 bits per heavy atom. The molecule has 0 fully saturated rings. The minimum atomic E-state index is 0. The van der Waals surface area contributed by atoms with Crippen LogP contribution in [0, 0.1) is 46.8 Å². The van der Waals surface area contributed by atoms with Crippen molar-refractivity contribution >= 4 is 43.5 Å². The first kappa shape index (κ1) is 30.4. The first-order valence-corrected chi connectivity index (χ1v) is 14.9. The van der Waals surface area contributed by atoms with Gasteiger partial charge in [-0.25, -0.2) is 0 Å². The summed E-state index contributed by atoms with van der Waals surface area (Å²) in [7, 11) is 0. The summed E-state index contributed by atoms with van der Waals surface area (Å²) in [5, 5.41) is 7.08. The molecule has 3 aromatic heterocycles. The average molecular weight is 761 g/mol. The molecule has 0 aliphatic heterocycles. The van der Waals surface area contributed by atoms with E-state index in [2.05, 4.69) is 123 Å². The van der Waals surface area contributed by atoms with E-state index >= 15 is 0 Å². The first-order valence-electron chi connectivity index (χ1n) is 14.9. The fourth-order valence-corrected chi connectivity index (χ4v) is 5.80. The largest absolute Gasteiger partial charge is 0.500 e. The Morgan fingerprint density at radius 1 is 0.556 bits per heavy atom. The van der Waals surface area contributed by atoms with Gasteiger partial charge in [0, 0.05) is 43.3 Å². The van der Waals surface area contributed by atoms with Gasteiger partial charge >= 0.3 is 0 Å². The molecule has 45 heavy (non-hydrogen) atoms. The molecule has 0 atom stereocenters. The van der Waals surface area contributed by atoms with Gasteiger partial charge in [-0.3, -0.25) is 0 Å². The summed E-state index contributed by atoms with van der Waals surface area (Å²) >= 11 is 0. The van der Waals surface area contributed by atoms with Crippen LogP contribution in [-0.2, 0) is 20.1 Å². The van der Waals surface area contributed by atoms with Crippen LogP contribution in [0.4, 0.5) is 0 Å². The molecule has 0 amide bonds. The molecular formula is C41H32IrN2O-2. The molecule has 223 valence electrons. The van der Waals surface area contributed by atoms with Gasteiger partial charge < -0.3 is 14.4 Å². The summed E-state index contributed by atoms with van der Waals surface area (Å²) in [6, 6.07) is 38.0. The zero-order valence-electron chi connectivity index (χ0n) is 26.0. The number of furan rings is 1. The second-order valence-electron chi connectivity index (χ2n) is 11.6. The number of pyridine rings is 2. The third-order valence-electron chi connectivity index (χ3n) is 8.60. The van der Waals surface area contributed by atoms with Crippen molar-refractivity contribution in [1.82, 2.24) is 9.97 Å². The molecule has 8 rings (SSSR count). The van der Waals surface area contributed by atoms with Crippen LogP contribution in [0.1, 0.15) is 27.8 Å². The summed E-state index contributed by atoms with van der Waals surface area (Å²) in [5.41, 5.74) is 11.7. The summed E-state index contributed by atoms with van der Waals surface area (Å²) in [4.78, 5) is 9.06. The SMILES string of the molecule is Cc1cnc(-c2[c-]cc(C)c3c2oc2c3ccc3ccc4ccccc4c32)cc1C.Cc1cnc(-c2[c-]cccc2)cc1C.[Ir]. The van der Waals surface area contributed by atoms with Gasteiger partial charge in [-0.1, -0.05) is 89.7 Å². The quantitative estimate of drug-likeness (QED) is 0.130. The standard InChI is InChI=1S/C28H20NO.C13H12N.Ir/c1-16-8-12-22(24-14-17(2)18(3)15-29-24)27-25(16)23-13-11-20-10-9-19-6-4-5-7-21(19)26(20)28(23)30-27;1-10-8-13(14-9-11(10)2)12-6-4-3-5-7-12;/h4-11,13-15H,1-3H3;3-6,8-9H,1-2H3;/q2*-1;. The number of hydrogen-bond donors (Lipinski definition) is 0. The Balaban J connectivity index is 0.000000201. The van der Waals surface area contributed by atoms with Crippen molar-refractivity contribution in [2.75, 3.05) is 0 Å². The molecule has 1 radical (unpaired) electrons. The van der Waals surface area contributed by atoms with Gasteiger partial charge in [-0.05, 0) is 66.4 Å². The molecule has 0 aliphatic rings. The second kappa shape index (κ2) is 12.4. The molecule has 0 saturated carbocycles. The number of nitrogens with zero attached hydrogens (tertiary/aromatic N) is 2. The van der Waals surface area contributed by atoms with Crippen LogP contribution >= 0.6 is 0 Å². The Morgan fingerprint density at radius 2 is 1.22 bits per heavy atom. The summed E-state index contributed by atoms with van der Waals surface area (Å²) < 4.78 is 6.64. The van der Waals surface area contributed by atoms with Crippen LogP contribution in [0.3, 0.4) is 0 Å². The maximum Gasteiger partial charge on any atom is 0.129 e. The van der Waals surface area contributed by atoms with Crippen LogP contribution in [-0.4, -0.2) is 9.97 Å². The number of aryl methyl sites for hydroxylation is 5. The normalized spacial score (nSPS) is 11.0. The molecule has 0 spiro atoms. The Hall–Kier alpha value is -4.63. The van der Waals surface area contributed by atoms with Crippen molar-refractivity contribution in [2.24, 2.45) is 0 Å². The van der Waals surface area contributed by atoms with E-state index in [-0.39, 0.29) is 20.1 Å². The number of benzene rings is 5. The van der Waals surface area contributed by atoms with Gasteiger partial charge in [-0.2, -0.15) is 0 Å². The van der Waals surface area contributed by atoms with E-state index in [1.54, 1.807) is 0 Å². The molecule has 3 heterocycles. The summed E-state index contributed by atoms with van der Waals surface area (Å²) in [5.74, 6) is 0. The van der Waals surface area contributed by atoms with E-state index in [0.29, 0.717) is 0 Å². The average Bonchev–Trinajstić information content (AvgIpc) is 3.45. The van der Waals surface area contributed by atoms with Crippen LogP contribution in [0.15, 0.2) is 108 Å². The van der Waals surface area contributed by atoms with Gasteiger partial charge in [0.1, 0.15) is 5.58 Å². The Bertz CT molecular complexity index is 2340. The number of aromatic nitrogens is 2. The smallest absolute Gasteiger partial charge is 0.129 e. The Kier molecular flexibility index (Phi) is 8.38. The second-order valence-corrected chi connectivity index (χ2v) is 11.6. The van der Waals surface area contributed by atoms with E-state index in [0.717, 1.165) is 50.0 Å². The molecule has 0 bridgehead atoms. The molecule has 8 aromatic rings. The summed E-state index contributed by atoms with van der Waals surface area (Å²) in [6.45, 7) is 10.5. The van der Waals surface area contributed by atoms with Crippen molar-refractivity contribution in [3.8, 4) is 22.5 Å². The zero-order chi connectivity index (χ0) is 30.4. The maximum absolute atomic E-state index is 6.64. The third-order valence-corrected chi connectivity index (χ3v) is 8.60. The minimum absolute atomic E-state index is 0. The van der Waals surface area contributed by atoms with E-state index in [4.69, 9.17) is 4.42 Å². The van der Waals surface area contributed by atoms with Crippen molar-refractivity contribution in [2.45, 2.75) is 34.6 Å². The van der Waals surface area contributed by atoms with E-state index < -0.39 is 0 Å². The van der Waals surface area contributed by atoms with Crippen molar-refractivity contribution in [3.63, 3.8) is 0 Å². The Labute approximate surface area is 277 Å². The molecule has 0 aliphatic carbocycles. The fourth-order valence-electron chi connectivity index (χ4n) is 5.80. The monoisotopic (exact) mass is 761 g/mol. The molecular weight excluding hydrogens is 729 g/mol. The number of hydrogen-bond acceptors (Lipinski definition) is 3. The number of rotatable bonds is 2. The molecule has 0 unspecified atom stereocenters. The van der Waals surface area contributed by atoms with Crippen LogP contribution in [0.25, 0.3) is 66.0 Å². The van der Waals surface area contributed by atoms with Gasteiger partial charge in [-0.15, -0.1) is 53.6 Å². The van der Waals surface area contributed by atoms with Crippen molar-refractivity contribution in [1.29, 1.82) is 0 Å². The van der Waals surface area contributed by atoms with Gasteiger partial charge in [0.2, 0.25) is 0 Å². The molecule has 0 saturated heterocycles. The van der Waals surface area contributed by atoms with Crippen LogP contribution < -0.4 is 0 Å². The minimum Gasteiger partial charge on any atom is -0.500 e. The maximum atomic E-state index is 6.64. The van der Waals surface area contributed by atoms with E-state index in [9.17, 15) is 0 Å². The topological polar surface area (TPSA) is 38.9 Å². The fraction of sp³-hybridized carbons (Fsp3) is 0.122. The van der Waals surface area contributed by atoms with Gasteiger partial charge in [0.15, 0.2) is 0 Å². The molecule has 3 nitrogen and oxygen atoms in total. The molecule has 5 aromatic carbocycles. The predicted molar refractivity (Wildman–Crippen MR) is 183 cm³/mol. The van der Waals surface area contributed by atoms with Gasteiger partial charge in [0.25, 0.3) is 0 Å². The van der Waals surface area contributed by atoms with Crippen molar-refractivity contribution in [3.05, 3.63) is 143 Å². The molecule has 0 N–H and O–H groups in total. The first-order chi connectivity index (χ1) is 21.4. The molecule has 4 heteroatoms. The zero-order valence-corrected chi connectivity index (χ0v) is 28.3. The van der Waals surface area contributed by atoms with E-state index in [1.807, 2.05) is 36.7 Å². The van der Waals surface area contributed by atoms with Crippen molar-refractivity contribution < 1.29 is 24.5 Å². The van der Waals surface area contributed by atoms with Crippen LogP contribution in [0.5, 0.6) is 0 Å². The third kappa shape index (κ3) is 5.57. The predicted octanol–water partition coefficient (Wildman–Crippen LogP) is 10.8. The summed E-state index contributed by atoms with van der Waals surface area (Å²) in [6.07, 6.45) is 3.83. The van der Waals surface area contributed by atoms with E-state index in [1.165, 1.54) is 43.8 Å². The number of fused-ring (bicyclic) bond motifs is 7. The van der Waals surface area contributed by atoms with Gasteiger partial charge in [0.05, 0.1) is 5.58 Å².